The van der Waals surface area contributed by atoms with E-state index in [4.69, 9.17) is 0 Å². The lowest BCUT2D eigenvalue weighted by atomic mass is 10.00. The highest BCUT2D eigenvalue weighted by atomic mass is 19.1. The first-order valence-electron chi connectivity index (χ1n) is 7.08. The normalized spacial score (nSPS) is 22.2. The summed E-state index contributed by atoms with van der Waals surface area (Å²) in [7, 11) is 0. The maximum Gasteiger partial charge on any atom is 0.238 e. The fourth-order valence-electron chi connectivity index (χ4n) is 2.48. The van der Waals surface area contributed by atoms with Gasteiger partial charge in [0.1, 0.15) is 11.9 Å². The van der Waals surface area contributed by atoms with Gasteiger partial charge in [-0.25, -0.2) is 9.82 Å². The molecule has 0 aliphatic carbocycles. The average Bonchev–Trinajstić information content (AvgIpc) is 2.84. The van der Waals surface area contributed by atoms with Crippen molar-refractivity contribution >= 4 is 5.91 Å². The number of carbonyl (C=O) groups is 1. The minimum atomic E-state index is -0.283. The van der Waals surface area contributed by atoms with Gasteiger partial charge in [0.2, 0.25) is 5.91 Å². The molecule has 1 saturated heterocycles. The van der Waals surface area contributed by atoms with E-state index in [0.29, 0.717) is 18.5 Å². The van der Waals surface area contributed by atoms with Gasteiger partial charge in [0, 0.05) is 12.6 Å². The van der Waals surface area contributed by atoms with E-state index in [-0.39, 0.29) is 17.8 Å². The molecule has 110 valence electrons. The number of benzene rings is 1. The minimum absolute atomic E-state index is 0.0481. The maximum absolute atomic E-state index is 13.0. The highest BCUT2D eigenvalue weighted by Crippen LogP contribution is 2.14. The Bertz CT molecular complexity index is 464. The molecule has 1 fully saturated rings. The predicted octanol–water partition coefficient (Wildman–Crippen LogP) is 1.72. The zero-order chi connectivity index (χ0) is 14.5. The molecule has 0 saturated carbocycles. The predicted molar refractivity (Wildman–Crippen MR) is 76.2 cm³/mol. The molecule has 1 aromatic rings. The largest absolute Gasteiger partial charge is 0.351 e. The molecule has 0 radical (unpaired) electrons. The summed E-state index contributed by atoms with van der Waals surface area (Å²) in [6.07, 6.45) is 1.83. The lowest BCUT2D eigenvalue weighted by Crippen LogP contribution is -2.43. The van der Waals surface area contributed by atoms with Crippen molar-refractivity contribution in [3.63, 3.8) is 0 Å². The number of hydrazine groups is 1. The molecule has 2 atom stereocenters. The Balaban J connectivity index is 1.78. The van der Waals surface area contributed by atoms with Gasteiger partial charge in [-0.15, -0.1) is 0 Å². The lowest BCUT2D eigenvalue weighted by molar-refractivity contribution is -0.123. The summed E-state index contributed by atoms with van der Waals surface area (Å²) in [4.78, 5) is 12.0. The topological polar surface area (TPSA) is 53.2 Å². The third kappa shape index (κ3) is 4.28. The number of halogens is 1. The maximum atomic E-state index is 13.0. The molecule has 0 spiro atoms. The highest BCUT2D eigenvalue weighted by Gasteiger charge is 2.29. The molecule has 3 N–H and O–H groups in total. The molecule has 1 aromatic carbocycles. The summed E-state index contributed by atoms with van der Waals surface area (Å²) in [5.74, 6) is 0.269. The molecule has 2 unspecified atom stereocenters. The van der Waals surface area contributed by atoms with Gasteiger partial charge < -0.3 is 5.32 Å². The van der Waals surface area contributed by atoms with Crippen LogP contribution in [0.1, 0.15) is 32.3 Å². The summed E-state index contributed by atoms with van der Waals surface area (Å²) in [5.41, 5.74) is 6.95. The fourth-order valence-corrected chi connectivity index (χ4v) is 2.48. The second-order valence-corrected chi connectivity index (χ2v) is 5.75. The van der Waals surface area contributed by atoms with Crippen molar-refractivity contribution < 1.29 is 9.18 Å². The number of nitrogens with one attached hydrogen (secondary N) is 3. The summed E-state index contributed by atoms with van der Waals surface area (Å²) in [6.45, 7) is 4.68. The van der Waals surface area contributed by atoms with Crippen molar-refractivity contribution in [3.8, 4) is 0 Å². The average molecular weight is 279 g/mol. The van der Waals surface area contributed by atoms with E-state index in [2.05, 4.69) is 30.0 Å². The quantitative estimate of drug-likeness (QED) is 0.769. The van der Waals surface area contributed by atoms with Crippen LogP contribution in [0.5, 0.6) is 0 Å². The molecule has 0 aromatic heterocycles. The van der Waals surface area contributed by atoms with E-state index in [0.717, 1.165) is 18.4 Å². The van der Waals surface area contributed by atoms with Gasteiger partial charge >= 0.3 is 0 Å². The van der Waals surface area contributed by atoms with Crippen molar-refractivity contribution in [2.24, 2.45) is 5.92 Å². The molecule has 0 bridgehead atoms. The van der Waals surface area contributed by atoms with Gasteiger partial charge in [-0.1, -0.05) is 26.0 Å². The SMILES string of the molecule is CC(C)CC1CC(C(=O)NCc2cccc(F)c2)NN1. The van der Waals surface area contributed by atoms with Crippen LogP contribution in [0.3, 0.4) is 0 Å². The summed E-state index contributed by atoms with van der Waals surface area (Å²) >= 11 is 0. The van der Waals surface area contributed by atoms with E-state index in [1.165, 1.54) is 12.1 Å². The number of rotatable bonds is 5. The van der Waals surface area contributed by atoms with Crippen molar-refractivity contribution in [1.29, 1.82) is 0 Å². The van der Waals surface area contributed by atoms with Gasteiger partial charge in [-0.3, -0.25) is 10.2 Å². The zero-order valence-corrected chi connectivity index (χ0v) is 11.9. The fraction of sp³-hybridized carbons (Fsp3) is 0.533. The van der Waals surface area contributed by atoms with Crippen molar-refractivity contribution in [3.05, 3.63) is 35.6 Å². The molecule has 20 heavy (non-hydrogen) atoms. The number of hydrogen-bond donors (Lipinski definition) is 3. The van der Waals surface area contributed by atoms with Crippen molar-refractivity contribution in [1.82, 2.24) is 16.2 Å². The summed E-state index contributed by atoms with van der Waals surface area (Å²) in [6, 6.07) is 6.38. The highest BCUT2D eigenvalue weighted by molar-refractivity contribution is 5.82. The van der Waals surface area contributed by atoms with E-state index < -0.39 is 0 Å². The molecular formula is C15H22FN3O. The molecule has 1 amide bonds. The molecule has 1 aliphatic rings. The Morgan fingerprint density at radius 3 is 2.95 bits per heavy atom. The Kier molecular flexibility index (Phi) is 5.09. The number of hydrogen-bond acceptors (Lipinski definition) is 3. The van der Waals surface area contributed by atoms with Crippen molar-refractivity contribution in [2.45, 2.75) is 45.3 Å². The lowest BCUT2D eigenvalue weighted by Gasteiger charge is -2.12. The molecule has 1 aliphatic heterocycles. The molecule has 4 nitrogen and oxygen atoms in total. The number of carbonyl (C=O) groups excluding carboxylic acids is 1. The first-order valence-corrected chi connectivity index (χ1v) is 7.08. The van der Waals surface area contributed by atoms with Gasteiger partial charge in [0.05, 0.1) is 0 Å². The van der Waals surface area contributed by atoms with E-state index in [1.807, 2.05) is 0 Å². The second-order valence-electron chi connectivity index (χ2n) is 5.75. The number of amides is 1. The van der Waals surface area contributed by atoms with Crippen LogP contribution >= 0.6 is 0 Å². The second kappa shape index (κ2) is 6.81. The van der Waals surface area contributed by atoms with Gasteiger partial charge in [-0.2, -0.15) is 0 Å². The standard InChI is InChI=1S/C15H22FN3O/c1-10(2)6-13-8-14(19-18-13)15(20)17-9-11-4-3-5-12(16)7-11/h3-5,7,10,13-14,18-19H,6,8-9H2,1-2H3,(H,17,20). The Morgan fingerprint density at radius 2 is 2.25 bits per heavy atom. The third-order valence-electron chi connectivity index (χ3n) is 3.41. The van der Waals surface area contributed by atoms with Crippen LogP contribution in [0.25, 0.3) is 0 Å². The molecule has 5 heteroatoms. The van der Waals surface area contributed by atoms with Gasteiger partial charge in [-0.05, 0) is 36.5 Å². The summed E-state index contributed by atoms with van der Waals surface area (Å²) < 4.78 is 13.0. The van der Waals surface area contributed by atoms with Crippen LogP contribution in [-0.4, -0.2) is 18.0 Å². The monoisotopic (exact) mass is 279 g/mol. The molecule has 2 rings (SSSR count). The Hall–Kier alpha value is -1.46. The molecule has 1 heterocycles. The van der Waals surface area contributed by atoms with Crippen LogP contribution in [0.2, 0.25) is 0 Å². The van der Waals surface area contributed by atoms with Crippen LogP contribution < -0.4 is 16.2 Å². The van der Waals surface area contributed by atoms with Crippen LogP contribution in [0.15, 0.2) is 24.3 Å². The Labute approximate surface area is 119 Å². The van der Waals surface area contributed by atoms with Crippen LogP contribution in [0.4, 0.5) is 4.39 Å². The van der Waals surface area contributed by atoms with Gasteiger partial charge in [0.15, 0.2) is 0 Å². The van der Waals surface area contributed by atoms with E-state index in [1.54, 1.807) is 12.1 Å². The van der Waals surface area contributed by atoms with Crippen molar-refractivity contribution in [2.75, 3.05) is 0 Å². The first-order chi connectivity index (χ1) is 9.54. The van der Waals surface area contributed by atoms with Crippen LogP contribution in [-0.2, 0) is 11.3 Å². The zero-order valence-electron chi connectivity index (χ0n) is 11.9. The minimum Gasteiger partial charge on any atom is -0.351 e. The Morgan fingerprint density at radius 1 is 1.45 bits per heavy atom. The van der Waals surface area contributed by atoms with Gasteiger partial charge in [0.25, 0.3) is 0 Å². The summed E-state index contributed by atoms with van der Waals surface area (Å²) in [5, 5.41) is 2.83. The van der Waals surface area contributed by atoms with E-state index in [9.17, 15) is 9.18 Å². The third-order valence-corrected chi connectivity index (χ3v) is 3.41. The van der Waals surface area contributed by atoms with Crippen LogP contribution in [0, 0.1) is 11.7 Å². The smallest absolute Gasteiger partial charge is 0.238 e. The first kappa shape index (κ1) is 14.9. The molecular weight excluding hydrogens is 257 g/mol. The van der Waals surface area contributed by atoms with E-state index >= 15 is 0 Å².